The number of carbonyl (C=O) groups is 2. The van der Waals surface area contributed by atoms with Crippen LogP contribution in [0, 0.1) is 17.0 Å². The molecule has 3 rings (SSSR count). The number of nitro groups is 1. The third kappa shape index (κ3) is 5.26. The fraction of sp³-hybridized carbons (Fsp3) is 0.190. The van der Waals surface area contributed by atoms with E-state index in [-0.39, 0.29) is 22.1 Å². The van der Waals surface area contributed by atoms with Gasteiger partial charge in [0.05, 0.1) is 17.2 Å². The highest BCUT2D eigenvalue weighted by molar-refractivity contribution is 6.32. The van der Waals surface area contributed by atoms with E-state index >= 15 is 0 Å². The number of aromatic nitrogens is 2. The van der Waals surface area contributed by atoms with Gasteiger partial charge >= 0.3 is 5.97 Å². The van der Waals surface area contributed by atoms with E-state index in [1.54, 1.807) is 6.92 Å². The molecule has 1 amide bonds. The Morgan fingerprint density at radius 1 is 1.23 bits per heavy atom. The van der Waals surface area contributed by atoms with Gasteiger partial charge in [-0.2, -0.15) is 5.10 Å². The summed E-state index contributed by atoms with van der Waals surface area (Å²) in [6.45, 7) is 3.39. The Kier molecular flexibility index (Phi) is 6.66. The molecule has 9 nitrogen and oxygen atoms in total. The molecular formula is C21H19ClN4O5. The summed E-state index contributed by atoms with van der Waals surface area (Å²) in [6, 6.07) is 14.9. The van der Waals surface area contributed by atoms with Crippen LogP contribution in [0.2, 0.25) is 5.15 Å². The molecule has 0 radical (unpaired) electrons. The summed E-state index contributed by atoms with van der Waals surface area (Å²) in [5.41, 5.74) is 1.45. The summed E-state index contributed by atoms with van der Waals surface area (Å²) >= 11 is 6.35. The van der Waals surface area contributed by atoms with Gasteiger partial charge in [-0.1, -0.05) is 48.0 Å². The van der Waals surface area contributed by atoms with Crippen molar-refractivity contribution in [2.45, 2.75) is 26.5 Å². The monoisotopic (exact) mass is 442 g/mol. The zero-order valence-electron chi connectivity index (χ0n) is 16.7. The molecule has 10 heteroatoms. The number of amides is 1. The molecule has 1 aromatic heterocycles. The van der Waals surface area contributed by atoms with Gasteiger partial charge in [-0.3, -0.25) is 14.9 Å². The number of ether oxygens (including phenoxy) is 1. The molecule has 0 aliphatic carbocycles. The molecule has 0 fully saturated rings. The van der Waals surface area contributed by atoms with E-state index in [4.69, 9.17) is 16.3 Å². The fourth-order valence-corrected chi connectivity index (χ4v) is 3.17. The smallest absolute Gasteiger partial charge is 0.343 e. The normalized spacial score (nSPS) is 11.6. The van der Waals surface area contributed by atoms with Gasteiger partial charge in [-0.25, -0.2) is 9.48 Å². The second kappa shape index (κ2) is 9.40. The second-order valence-electron chi connectivity index (χ2n) is 6.74. The van der Waals surface area contributed by atoms with Crippen LogP contribution < -0.4 is 5.32 Å². The lowest BCUT2D eigenvalue weighted by Crippen LogP contribution is -2.30. The first kappa shape index (κ1) is 22.0. The van der Waals surface area contributed by atoms with Crippen LogP contribution in [0.1, 0.15) is 28.5 Å². The molecule has 1 atom stereocenters. The van der Waals surface area contributed by atoms with E-state index < -0.39 is 22.9 Å². The molecule has 0 saturated heterocycles. The number of halogens is 1. The lowest BCUT2D eigenvalue weighted by atomic mass is 10.2. The van der Waals surface area contributed by atoms with Crippen molar-refractivity contribution in [1.29, 1.82) is 0 Å². The zero-order valence-corrected chi connectivity index (χ0v) is 17.5. The number of rotatable bonds is 7. The molecule has 0 spiro atoms. The molecular weight excluding hydrogens is 424 g/mol. The predicted molar refractivity (Wildman–Crippen MR) is 114 cm³/mol. The Morgan fingerprint density at radius 3 is 2.61 bits per heavy atom. The highest BCUT2D eigenvalue weighted by Crippen LogP contribution is 2.23. The van der Waals surface area contributed by atoms with E-state index in [0.29, 0.717) is 12.2 Å². The number of carbonyl (C=O) groups excluding carboxylic acids is 2. The van der Waals surface area contributed by atoms with Gasteiger partial charge < -0.3 is 10.1 Å². The Hall–Kier alpha value is -3.72. The van der Waals surface area contributed by atoms with Crippen LogP contribution in [0.25, 0.3) is 0 Å². The summed E-state index contributed by atoms with van der Waals surface area (Å²) in [5, 5.41) is 17.7. The number of non-ortho nitro benzene ring substituents is 1. The first-order valence-electron chi connectivity index (χ1n) is 9.29. The van der Waals surface area contributed by atoms with Gasteiger partial charge in [0.25, 0.3) is 11.6 Å². The topological polar surface area (TPSA) is 116 Å². The van der Waals surface area contributed by atoms with Gasteiger partial charge in [0.15, 0.2) is 6.10 Å². The Balaban J connectivity index is 1.68. The second-order valence-corrected chi connectivity index (χ2v) is 7.10. The average molecular weight is 443 g/mol. The summed E-state index contributed by atoms with van der Waals surface area (Å²) in [6.07, 6.45) is -1.17. The number of nitrogens with zero attached hydrogens (tertiary/aromatic N) is 3. The SMILES string of the molecule is Cc1nn(Cc2ccccc2)c(Cl)c1C(=O)OC(C)C(=O)Nc1cccc([N+](=O)[O-])c1. The molecule has 31 heavy (non-hydrogen) atoms. The number of nitrogens with one attached hydrogen (secondary N) is 1. The van der Waals surface area contributed by atoms with Crippen LogP contribution in [0.5, 0.6) is 0 Å². The predicted octanol–water partition coefficient (Wildman–Crippen LogP) is 3.99. The number of hydrogen-bond acceptors (Lipinski definition) is 6. The lowest BCUT2D eigenvalue weighted by Gasteiger charge is -2.13. The Morgan fingerprint density at radius 2 is 1.94 bits per heavy atom. The summed E-state index contributed by atoms with van der Waals surface area (Å²) < 4.78 is 6.73. The maximum atomic E-state index is 12.6. The molecule has 1 unspecified atom stereocenters. The van der Waals surface area contributed by atoms with Crippen molar-refractivity contribution < 1.29 is 19.2 Å². The first-order valence-corrected chi connectivity index (χ1v) is 9.67. The van der Waals surface area contributed by atoms with Gasteiger partial charge in [0.2, 0.25) is 0 Å². The van der Waals surface area contributed by atoms with E-state index in [9.17, 15) is 19.7 Å². The summed E-state index contributed by atoms with van der Waals surface area (Å²) in [4.78, 5) is 35.3. The van der Waals surface area contributed by atoms with Crippen LogP contribution in [-0.2, 0) is 16.1 Å². The van der Waals surface area contributed by atoms with Crippen molar-refractivity contribution in [2.24, 2.45) is 0 Å². The van der Waals surface area contributed by atoms with Crippen molar-refractivity contribution in [1.82, 2.24) is 9.78 Å². The minimum Gasteiger partial charge on any atom is -0.449 e. The van der Waals surface area contributed by atoms with Crippen molar-refractivity contribution >= 4 is 34.9 Å². The molecule has 0 bridgehead atoms. The minimum atomic E-state index is -1.17. The highest BCUT2D eigenvalue weighted by Gasteiger charge is 2.26. The minimum absolute atomic E-state index is 0.0765. The highest BCUT2D eigenvalue weighted by atomic mass is 35.5. The molecule has 0 aliphatic heterocycles. The fourth-order valence-electron chi connectivity index (χ4n) is 2.86. The molecule has 1 N–H and O–H groups in total. The van der Waals surface area contributed by atoms with E-state index in [1.165, 1.54) is 35.9 Å². The van der Waals surface area contributed by atoms with Crippen molar-refractivity contribution in [3.8, 4) is 0 Å². The zero-order chi connectivity index (χ0) is 22.5. The van der Waals surface area contributed by atoms with E-state index in [2.05, 4.69) is 10.4 Å². The van der Waals surface area contributed by atoms with Crippen LogP contribution in [-0.4, -0.2) is 32.7 Å². The molecule has 0 saturated carbocycles. The standard InChI is InChI=1S/C21H19ClN4O5/c1-13-18(19(22)25(24-13)12-15-7-4-3-5-8-15)21(28)31-14(2)20(27)23-16-9-6-10-17(11-16)26(29)30/h3-11,14H,12H2,1-2H3,(H,23,27). The van der Waals surface area contributed by atoms with Crippen molar-refractivity contribution in [3.05, 3.63) is 86.7 Å². The molecule has 2 aromatic carbocycles. The van der Waals surface area contributed by atoms with Gasteiger partial charge in [-0.05, 0) is 25.5 Å². The Labute approximate surface area is 182 Å². The number of benzene rings is 2. The van der Waals surface area contributed by atoms with Gasteiger partial charge in [-0.15, -0.1) is 0 Å². The van der Waals surface area contributed by atoms with Crippen LogP contribution >= 0.6 is 11.6 Å². The number of esters is 1. The largest absolute Gasteiger partial charge is 0.449 e. The van der Waals surface area contributed by atoms with Gasteiger partial charge in [0.1, 0.15) is 10.7 Å². The van der Waals surface area contributed by atoms with Crippen LogP contribution in [0.4, 0.5) is 11.4 Å². The average Bonchev–Trinajstić information content (AvgIpc) is 3.01. The van der Waals surface area contributed by atoms with E-state index in [1.807, 2.05) is 30.3 Å². The number of hydrogen-bond donors (Lipinski definition) is 1. The third-order valence-electron chi connectivity index (χ3n) is 4.42. The third-order valence-corrected chi connectivity index (χ3v) is 4.81. The Bertz CT molecular complexity index is 1130. The van der Waals surface area contributed by atoms with Gasteiger partial charge in [0, 0.05) is 17.8 Å². The van der Waals surface area contributed by atoms with Crippen LogP contribution in [0.15, 0.2) is 54.6 Å². The molecule has 0 aliphatic rings. The number of aryl methyl sites for hydroxylation is 1. The molecule has 160 valence electrons. The first-order chi connectivity index (χ1) is 14.8. The van der Waals surface area contributed by atoms with Crippen molar-refractivity contribution in [3.63, 3.8) is 0 Å². The maximum absolute atomic E-state index is 12.6. The number of anilines is 1. The maximum Gasteiger partial charge on any atom is 0.343 e. The number of nitro benzene ring substituents is 1. The summed E-state index contributed by atoms with van der Waals surface area (Å²) in [5.74, 6) is -1.43. The van der Waals surface area contributed by atoms with Crippen molar-refractivity contribution in [2.75, 3.05) is 5.32 Å². The van der Waals surface area contributed by atoms with Crippen LogP contribution in [0.3, 0.4) is 0 Å². The van der Waals surface area contributed by atoms with E-state index in [0.717, 1.165) is 5.56 Å². The quantitative estimate of drug-likeness (QED) is 0.336. The molecule has 1 heterocycles. The summed E-state index contributed by atoms with van der Waals surface area (Å²) in [7, 11) is 0. The molecule has 3 aromatic rings. The lowest BCUT2D eigenvalue weighted by molar-refractivity contribution is -0.384.